The third kappa shape index (κ3) is 4.57. The van der Waals surface area contributed by atoms with Crippen LogP contribution in [0.1, 0.15) is 46.8 Å². The molecule has 168 valence electrons. The first-order valence-corrected chi connectivity index (χ1v) is 11.3. The maximum absolute atomic E-state index is 13.6. The molecule has 0 spiro atoms. The molecule has 0 saturated carbocycles. The molecule has 0 radical (unpaired) electrons. The Kier molecular flexibility index (Phi) is 6.01. The highest BCUT2D eigenvalue weighted by atomic mass is 19.2. The van der Waals surface area contributed by atoms with Crippen LogP contribution in [0.4, 0.5) is 8.78 Å². The highest BCUT2D eigenvalue weighted by Crippen LogP contribution is 2.29. The minimum Gasteiger partial charge on any atom is -0.298 e. The van der Waals surface area contributed by atoms with Gasteiger partial charge in [-0.05, 0) is 61.7 Å². The second-order valence-corrected chi connectivity index (χ2v) is 8.67. The number of hydrogen-bond acceptors (Lipinski definition) is 3. The van der Waals surface area contributed by atoms with Gasteiger partial charge in [0, 0.05) is 30.8 Å². The van der Waals surface area contributed by atoms with Crippen molar-refractivity contribution in [3.63, 3.8) is 0 Å². The molecule has 3 heterocycles. The Morgan fingerprint density at radius 3 is 2.70 bits per heavy atom. The van der Waals surface area contributed by atoms with Gasteiger partial charge in [-0.3, -0.25) is 4.90 Å². The standard InChI is InChI=1S/C27H26F2N4/c1-19-23(11-9-20-6-3-2-4-7-20)27-30-14-13-26(33(27)31-19)22-8-5-15-32(18-22)17-21-10-12-24(28)25(29)16-21/h2-4,6-7,9-14,16,22H,5,8,15,17-18H2,1H3. The predicted molar refractivity (Wildman–Crippen MR) is 127 cm³/mol. The number of benzene rings is 2. The number of hydrogen-bond donors (Lipinski definition) is 0. The van der Waals surface area contributed by atoms with Crippen molar-refractivity contribution in [1.82, 2.24) is 19.5 Å². The lowest BCUT2D eigenvalue weighted by molar-refractivity contribution is 0.197. The molecule has 4 aromatic rings. The smallest absolute Gasteiger partial charge is 0.162 e. The van der Waals surface area contributed by atoms with Gasteiger partial charge >= 0.3 is 0 Å². The molecule has 0 N–H and O–H groups in total. The molecule has 0 aliphatic carbocycles. The van der Waals surface area contributed by atoms with Crippen LogP contribution in [0, 0.1) is 18.6 Å². The van der Waals surface area contributed by atoms with Crippen LogP contribution in [-0.2, 0) is 6.54 Å². The van der Waals surface area contributed by atoms with Crippen molar-refractivity contribution >= 4 is 17.8 Å². The normalized spacial score (nSPS) is 17.2. The van der Waals surface area contributed by atoms with Crippen molar-refractivity contribution in [3.8, 4) is 0 Å². The molecular weight excluding hydrogens is 418 g/mol. The van der Waals surface area contributed by atoms with E-state index in [2.05, 4.69) is 40.2 Å². The monoisotopic (exact) mass is 444 g/mol. The molecule has 33 heavy (non-hydrogen) atoms. The number of rotatable bonds is 5. The maximum atomic E-state index is 13.6. The Labute approximate surface area is 192 Å². The molecule has 1 saturated heterocycles. The first-order valence-electron chi connectivity index (χ1n) is 11.3. The zero-order valence-electron chi connectivity index (χ0n) is 18.6. The van der Waals surface area contributed by atoms with Crippen molar-refractivity contribution in [2.45, 2.75) is 32.2 Å². The lowest BCUT2D eigenvalue weighted by atomic mass is 9.94. The van der Waals surface area contributed by atoms with Gasteiger partial charge in [0.25, 0.3) is 0 Å². The number of aromatic nitrogens is 3. The summed E-state index contributed by atoms with van der Waals surface area (Å²) in [7, 11) is 0. The number of fused-ring (bicyclic) bond motifs is 1. The number of likely N-dealkylation sites (tertiary alicyclic amines) is 1. The van der Waals surface area contributed by atoms with Gasteiger partial charge in [-0.1, -0.05) is 42.5 Å². The minimum atomic E-state index is -0.805. The highest BCUT2D eigenvalue weighted by molar-refractivity contribution is 5.77. The van der Waals surface area contributed by atoms with Gasteiger partial charge in [0.15, 0.2) is 17.3 Å². The zero-order valence-corrected chi connectivity index (χ0v) is 18.6. The van der Waals surface area contributed by atoms with E-state index in [-0.39, 0.29) is 0 Å². The van der Waals surface area contributed by atoms with Gasteiger partial charge in [0.2, 0.25) is 0 Å². The van der Waals surface area contributed by atoms with Crippen molar-refractivity contribution < 1.29 is 8.78 Å². The van der Waals surface area contributed by atoms with Crippen LogP contribution in [0.2, 0.25) is 0 Å². The fourth-order valence-corrected chi connectivity index (χ4v) is 4.67. The molecule has 2 aromatic heterocycles. The summed E-state index contributed by atoms with van der Waals surface area (Å²) >= 11 is 0. The van der Waals surface area contributed by atoms with E-state index in [1.807, 2.05) is 35.8 Å². The maximum Gasteiger partial charge on any atom is 0.162 e. The van der Waals surface area contributed by atoms with Gasteiger partial charge in [0.05, 0.1) is 11.4 Å². The molecule has 6 heteroatoms. The summed E-state index contributed by atoms with van der Waals surface area (Å²) in [6.45, 7) is 4.39. The molecule has 1 fully saturated rings. The lowest BCUT2D eigenvalue weighted by Crippen LogP contribution is -2.34. The van der Waals surface area contributed by atoms with Crippen LogP contribution in [0.5, 0.6) is 0 Å². The Morgan fingerprint density at radius 2 is 1.88 bits per heavy atom. The van der Waals surface area contributed by atoms with Gasteiger partial charge in [0.1, 0.15) is 0 Å². The molecule has 0 bridgehead atoms. The Balaban J connectivity index is 1.40. The Morgan fingerprint density at radius 1 is 1.03 bits per heavy atom. The second kappa shape index (κ2) is 9.24. The Hall–Kier alpha value is -3.38. The van der Waals surface area contributed by atoms with Crippen LogP contribution in [0.3, 0.4) is 0 Å². The van der Waals surface area contributed by atoms with E-state index >= 15 is 0 Å². The van der Waals surface area contributed by atoms with E-state index in [9.17, 15) is 8.78 Å². The molecule has 2 aromatic carbocycles. The summed E-state index contributed by atoms with van der Waals surface area (Å²) in [5, 5.41) is 4.82. The van der Waals surface area contributed by atoms with Crippen LogP contribution in [0.25, 0.3) is 17.8 Å². The van der Waals surface area contributed by atoms with Crippen LogP contribution in [-0.4, -0.2) is 32.6 Å². The number of piperidine rings is 1. The molecular formula is C27H26F2N4. The molecule has 4 nitrogen and oxygen atoms in total. The molecule has 1 atom stereocenters. The SMILES string of the molecule is Cc1nn2c(C3CCCN(Cc4ccc(F)c(F)c4)C3)ccnc2c1C=Cc1ccccc1. The topological polar surface area (TPSA) is 33.4 Å². The summed E-state index contributed by atoms with van der Waals surface area (Å²) in [6.07, 6.45) is 8.13. The lowest BCUT2D eigenvalue weighted by Gasteiger charge is -2.33. The first kappa shape index (κ1) is 21.5. The van der Waals surface area contributed by atoms with Crippen molar-refractivity contribution in [1.29, 1.82) is 0 Å². The van der Waals surface area contributed by atoms with E-state index in [1.54, 1.807) is 6.07 Å². The minimum absolute atomic E-state index is 0.291. The number of nitrogens with zero attached hydrogens (tertiary/aromatic N) is 4. The van der Waals surface area contributed by atoms with E-state index in [1.165, 1.54) is 12.1 Å². The van der Waals surface area contributed by atoms with Gasteiger partial charge in [-0.25, -0.2) is 18.3 Å². The van der Waals surface area contributed by atoms with Gasteiger partial charge in [-0.15, -0.1) is 0 Å². The molecule has 1 unspecified atom stereocenters. The summed E-state index contributed by atoms with van der Waals surface area (Å²) in [6, 6.07) is 16.4. The summed E-state index contributed by atoms with van der Waals surface area (Å²) in [5.41, 5.74) is 5.88. The summed E-state index contributed by atoms with van der Waals surface area (Å²) in [5.74, 6) is -1.31. The molecule has 5 rings (SSSR count). The zero-order chi connectivity index (χ0) is 22.8. The van der Waals surface area contributed by atoms with E-state index < -0.39 is 11.6 Å². The third-order valence-electron chi connectivity index (χ3n) is 6.32. The van der Waals surface area contributed by atoms with Crippen LogP contribution >= 0.6 is 0 Å². The fourth-order valence-electron chi connectivity index (χ4n) is 4.67. The number of halogens is 2. The average Bonchev–Trinajstić information content (AvgIpc) is 3.16. The van der Waals surface area contributed by atoms with Crippen molar-refractivity contribution in [2.75, 3.05) is 13.1 Å². The number of aryl methyl sites for hydroxylation is 1. The van der Waals surface area contributed by atoms with Crippen LogP contribution in [0.15, 0.2) is 60.8 Å². The average molecular weight is 445 g/mol. The van der Waals surface area contributed by atoms with Crippen LogP contribution < -0.4 is 0 Å². The highest BCUT2D eigenvalue weighted by Gasteiger charge is 2.25. The summed E-state index contributed by atoms with van der Waals surface area (Å²) < 4.78 is 28.9. The van der Waals surface area contributed by atoms with Crippen molar-refractivity contribution in [3.05, 3.63) is 101 Å². The first-order chi connectivity index (χ1) is 16.1. The van der Waals surface area contributed by atoms with E-state index in [0.29, 0.717) is 12.5 Å². The van der Waals surface area contributed by atoms with Crippen molar-refractivity contribution in [2.24, 2.45) is 0 Å². The summed E-state index contributed by atoms with van der Waals surface area (Å²) in [4.78, 5) is 6.94. The van der Waals surface area contributed by atoms with E-state index in [0.717, 1.165) is 59.7 Å². The second-order valence-electron chi connectivity index (χ2n) is 8.67. The molecule has 1 aliphatic heterocycles. The molecule has 0 amide bonds. The Bertz CT molecular complexity index is 1300. The van der Waals surface area contributed by atoms with E-state index in [4.69, 9.17) is 5.10 Å². The largest absolute Gasteiger partial charge is 0.298 e. The quantitative estimate of drug-likeness (QED) is 0.386. The van der Waals surface area contributed by atoms with Gasteiger partial charge < -0.3 is 0 Å². The van der Waals surface area contributed by atoms with Gasteiger partial charge in [-0.2, -0.15) is 5.10 Å². The predicted octanol–water partition coefficient (Wildman–Crippen LogP) is 5.87. The molecule has 1 aliphatic rings. The third-order valence-corrected chi connectivity index (χ3v) is 6.32. The fraction of sp³-hybridized carbons (Fsp3) is 0.259.